The number of phenols is 2. The van der Waals surface area contributed by atoms with Gasteiger partial charge in [0.15, 0.2) is 11.5 Å². The molecule has 82 heavy (non-hydrogen) atoms. The van der Waals surface area contributed by atoms with Crippen molar-refractivity contribution in [3.8, 4) is 33.8 Å². The molecule has 0 aliphatic heterocycles. The Morgan fingerprint density at radius 2 is 0.793 bits per heavy atom. The molecule has 0 saturated heterocycles. The van der Waals surface area contributed by atoms with Gasteiger partial charge in [0.2, 0.25) is 11.8 Å². The number of nitrogens with one attached hydrogen (secondary N) is 2. The summed E-state index contributed by atoms with van der Waals surface area (Å²) in [5, 5.41) is 42.6. The zero-order valence-corrected chi connectivity index (χ0v) is 46.6. The number of carbonyl (C=O) groups is 2. The summed E-state index contributed by atoms with van der Waals surface area (Å²) in [5.74, 6) is -2.43. The van der Waals surface area contributed by atoms with Crippen molar-refractivity contribution in [1.82, 2.24) is 0 Å². The standard InChI is InChI=1S/C53H49N9O16S4/c1-25-19-29(31-7-14-38(27(3)21-31)59-61-40-16-9-33-42(79(67,68)69)23-44(81(73,74)75)49(55)47(33)51(40)64)5-12-36(25)57-46(63)18-11-35(54)53(66)58-37-13-6-30(20-26(37)2)32-8-15-39(28(4)22-32)60-62-41-17-10-34-43(80(70,71)72)24-45(82(76,77)78)50(56)48(34)52(41)65/h5-10,12-17,19-24,35,64-65H,11,18,54-56H2,1-4H3,(H,57,63)(H,58,66)(H,67,68,69)(H,70,71,72)(H,73,74,75)(H,76,77,78)/t35-/m1/s1. The number of phenolic OH excluding ortho intramolecular Hbond substituents is 2. The van der Waals surface area contributed by atoms with Crippen molar-refractivity contribution in [2.24, 2.45) is 26.2 Å². The Morgan fingerprint density at radius 3 is 1.15 bits per heavy atom. The molecule has 0 heterocycles. The van der Waals surface area contributed by atoms with E-state index in [-0.39, 0.29) is 40.9 Å². The van der Waals surface area contributed by atoms with E-state index in [1.165, 1.54) is 12.1 Å². The molecule has 25 nitrogen and oxygen atoms in total. The molecule has 0 aliphatic rings. The third kappa shape index (κ3) is 12.4. The number of nitrogens with zero attached hydrogens (tertiary/aromatic N) is 4. The highest BCUT2D eigenvalue weighted by atomic mass is 32.2. The van der Waals surface area contributed by atoms with Crippen molar-refractivity contribution in [3.05, 3.63) is 131 Å². The molecule has 8 rings (SSSR count). The minimum absolute atomic E-state index is 0.0226. The van der Waals surface area contributed by atoms with E-state index in [1.807, 2.05) is 24.3 Å². The second-order valence-electron chi connectivity index (χ2n) is 18.8. The van der Waals surface area contributed by atoms with Crippen LogP contribution in [-0.4, -0.2) is 80.0 Å². The second kappa shape index (κ2) is 22.3. The van der Waals surface area contributed by atoms with E-state index in [0.717, 1.165) is 39.9 Å². The van der Waals surface area contributed by atoms with Gasteiger partial charge in [-0.15, -0.1) is 10.2 Å². The molecule has 0 saturated carbocycles. The number of nitrogen functional groups attached to an aromatic ring is 2. The van der Waals surface area contributed by atoms with Crippen molar-refractivity contribution >= 4 is 119 Å². The lowest BCUT2D eigenvalue weighted by atomic mass is 10.00. The minimum atomic E-state index is -5.10. The molecule has 426 valence electrons. The number of carbonyl (C=O) groups excluding carboxylic acids is 2. The van der Waals surface area contributed by atoms with Gasteiger partial charge in [0.1, 0.15) is 31.0 Å². The number of aromatic hydroxyl groups is 2. The third-order valence-corrected chi connectivity index (χ3v) is 16.7. The summed E-state index contributed by atoms with van der Waals surface area (Å²) in [6, 6.07) is 25.6. The number of rotatable bonds is 16. The van der Waals surface area contributed by atoms with Gasteiger partial charge >= 0.3 is 0 Å². The van der Waals surface area contributed by atoms with E-state index in [4.69, 9.17) is 17.2 Å². The summed E-state index contributed by atoms with van der Waals surface area (Å²) >= 11 is 0. The van der Waals surface area contributed by atoms with Crippen molar-refractivity contribution in [1.29, 1.82) is 0 Å². The van der Waals surface area contributed by atoms with Crippen molar-refractivity contribution in [2.75, 3.05) is 22.1 Å². The Labute approximate surface area is 468 Å². The Balaban J connectivity index is 0.868. The van der Waals surface area contributed by atoms with Gasteiger partial charge in [0, 0.05) is 28.6 Å². The van der Waals surface area contributed by atoms with Crippen LogP contribution in [0.4, 0.5) is 45.5 Å². The maximum atomic E-state index is 13.2. The first-order valence-electron chi connectivity index (χ1n) is 23.9. The van der Waals surface area contributed by atoms with Crippen LogP contribution in [0.25, 0.3) is 43.8 Å². The molecule has 1 atom stereocenters. The highest BCUT2D eigenvalue weighted by Crippen LogP contribution is 2.46. The van der Waals surface area contributed by atoms with Crippen LogP contribution >= 0.6 is 0 Å². The number of hydrogen-bond acceptors (Lipinski definition) is 19. The monoisotopic (exact) mass is 1200 g/mol. The SMILES string of the molecule is Cc1cc(-c2ccc(NC(=O)CC[C@@H](N)C(=O)Nc3ccc(-c4ccc(N=Nc5ccc6c(S(=O)(=O)O)cc(S(=O)(=O)O)c(N)c6c5O)c(C)c4)cc3C)c(C)c2)ccc1N=Nc1ccc2c(S(=O)(=O)O)cc(S(=O)(=O)O)c(N)c2c1O. The molecule has 0 radical (unpaired) electrons. The van der Waals surface area contributed by atoms with Crippen LogP contribution in [0.2, 0.25) is 0 Å². The number of anilines is 4. The molecule has 0 aliphatic carbocycles. The average Bonchev–Trinajstić information content (AvgIpc) is 3.49. The Bertz CT molecular complexity index is 4580. The van der Waals surface area contributed by atoms with Gasteiger partial charge in [0.05, 0.1) is 39.6 Å². The van der Waals surface area contributed by atoms with Crippen molar-refractivity contribution in [3.63, 3.8) is 0 Å². The smallest absolute Gasteiger partial charge is 0.296 e. The van der Waals surface area contributed by atoms with Gasteiger partial charge in [-0.3, -0.25) is 27.8 Å². The second-order valence-corrected chi connectivity index (χ2v) is 24.4. The van der Waals surface area contributed by atoms with Crippen LogP contribution in [-0.2, 0) is 50.1 Å². The molecule has 0 spiro atoms. The fourth-order valence-electron chi connectivity index (χ4n) is 8.86. The number of benzene rings is 8. The lowest BCUT2D eigenvalue weighted by molar-refractivity contribution is -0.118. The van der Waals surface area contributed by atoms with Crippen molar-refractivity contribution in [2.45, 2.75) is 66.2 Å². The molecule has 2 amide bonds. The maximum Gasteiger partial charge on any atom is 0.296 e. The summed E-state index contributed by atoms with van der Waals surface area (Å²) in [5.41, 5.74) is 23.7. The van der Waals surface area contributed by atoms with Crippen LogP contribution in [0.5, 0.6) is 11.5 Å². The van der Waals surface area contributed by atoms with E-state index >= 15 is 0 Å². The van der Waals surface area contributed by atoms with Crippen LogP contribution in [0.15, 0.2) is 149 Å². The zero-order chi connectivity index (χ0) is 60.1. The van der Waals surface area contributed by atoms with Crippen LogP contribution in [0.3, 0.4) is 0 Å². The molecular weight excluding hydrogens is 1150 g/mol. The average molecular weight is 1200 g/mol. The Hall–Kier alpha value is -8.78. The normalized spacial score (nSPS) is 12.8. The number of aryl methyl sites for hydroxylation is 4. The lowest BCUT2D eigenvalue weighted by Gasteiger charge is -2.15. The van der Waals surface area contributed by atoms with Crippen LogP contribution in [0.1, 0.15) is 35.1 Å². The summed E-state index contributed by atoms with van der Waals surface area (Å²) < 4.78 is 135. The molecule has 14 N–H and O–H groups in total. The van der Waals surface area contributed by atoms with E-state index < -0.39 is 106 Å². The van der Waals surface area contributed by atoms with Crippen LogP contribution in [0, 0.1) is 27.7 Å². The molecular formula is C53H49N9O16S4. The largest absolute Gasteiger partial charge is 0.505 e. The first-order chi connectivity index (χ1) is 38.2. The van der Waals surface area contributed by atoms with E-state index in [9.17, 15) is 71.7 Å². The third-order valence-electron chi connectivity index (χ3n) is 13.1. The van der Waals surface area contributed by atoms with Crippen molar-refractivity contribution < 1.29 is 71.7 Å². The van der Waals surface area contributed by atoms with Crippen LogP contribution < -0.4 is 27.8 Å². The summed E-state index contributed by atoms with van der Waals surface area (Å²) in [6.07, 6.45) is -0.0535. The number of fused-ring (bicyclic) bond motifs is 2. The quantitative estimate of drug-likeness (QED) is 0.0243. The Morgan fingerprint density at radius 1 is 0.463 bits per heavy atom. The molecule has 8 aromatic rings. The summed E-state index contributed by atoms with van der Waals surface area (Å²) in [4.78, 5) is 22.3. The Kier molecular flexibility index (Phi) is 16.1. The predicted octanol–water partition coefficient (Wildman–Crippen LogP) is 9.64. The predicted molar refractivity (Wildman–Crippen MR) is 305 cm³/mol. The van der Waals surface area contributed by atoms with Gasteiger partial charge in [-0.05, 0) is 151 Å². The van der Waals surface area contributed by atoms with E-state index in [2.05, 4.69) is 31.1 Å². The number of hydrogen-bond donors (Lipinski definition) is 11. The first-order valence-corrected chi connectivity index (χ1v) is 29.7. The fourth-order valence-corrected chi connectivity index (χ4v) is 11.7. The maximum absolute atomic E-state index is 13.2. The first kappa shape index (κ1) is 59.3. The van der Waals surface area contributed by atoms with Gasteiger partial charge in [0.25, 0.3) is 40.5 Å². The zero-order valence-electron chi connectivity index (χ0n) is 43.3. The number of nitrogens with two attached hydrogens (primary N) is 3. The summed E-state index contributed by atoms with van der Waals surface area (Å²) in [7, 11) is -20.3. The minimum Gasteiger partial charge on any atom is -0.505 e. The number of amides is 2. The highest BCUT2D eigenvalue weighted by molar-refractivity contribution is 7.87. The van der Waals surface area contributed by atoms with E-state index in [1.54, 1.807) is 76.2 Å². The molecule has 0 unspecified atom stereocenters. The fraction of sp³-hybridized carbons (Fsp3) is 0.132. The van der Waals surface area contributed by atoms with Gasteiger partial charge in [-0.1, -0.05) is 36.4 Å². The molecule has 0 bridgehead atoms. The molecule has 8 aromatic carbocycles. The molecule has 0 fully saturated rings. The van der Waals surface area contributed by atoms with Gasteiger partial charge < -0.3 is 38.0 Å². The number of azo groups is 2. The van der Waals surface area contributed by atoms with E-state index in [0.29, 0.717) is 51.6 Å². The van der Waals surface area contributed by atoms with Gasteiger partial charge in [-0.25, -0.2) is 0 Å². The highest BCUT2D eigenvalue weighted by Gasteiger charge is 2.29. The molecule has 0 aromatic heterocycles. The topological polar surface area (TPSA) is 444 Å². The van der Waals surface area contributed by atoms with Gasteiger partial charge in [-0.2, -0.15) is 43.9 Å². The summed E-state index contributed by atoms with van der Waals surface area (Å²) in [6.45, 7) is 7.08. The molecule has 29 heteroatoms. The lowest BCUT2D eigenvalue weighted by Crippen LogP contribution is -2.36.